The van der Waals surface area contributed by atoms with Crippen LogP contribution in [-0.2, 0) is 9.59 Å². The number of hydrogen-bond donors (Lipinski definition) is 3. The molecule has 1 fully saturated rings. The number of likely N-dealkylation sites (tertiary alicyclic amines) is 1. The SMILES string of the molecule is CNC(=O)C1CCCN1C(C(=O)NN)C(C)C. The van der Waals surface area contributed by atoms with E-state index in [0.29, 0.717) is 0 Å². The van der Waals surface area contributed by atoms with Crippen LogP contribution in [0.15, 0.2) is 0 Å². The van der Waals surface area contributed by atoms with Crippen molar-refractivity contribution in [1.82, 2.24) is 15.6 Å². The molecule has 4 N–H and O–H groups in total. The Morgan fingerprint density at radius 2 is 2.06 bits per heavy atom. The second kappa shape index (κ2) is 5.97. The summed E-state index contributed by atoms with van der Waals surface area (Å²) in [6.07, 6.45) is 1.72. The van der Waals surface area contributed by atoms with Crippen molar-refractivity contribution < 1.29 is 9.59 Å². The molecule has 1 rings (SSSR count). The number of rotatable bonds is 4. The minimum atomic E-state index is -0.343. The van der Waals surface area contributed by atoms with Crippen LogP contribution in [-0.4, -0.2) is 42.4 Å². The Morgan fingerprint density at radius 1 is 1.41 bits per heavy atom. The maximum absolute atomic E-state index is 11.8. The van der Waals surface area contributed by atoms with Gasteiger partial charge in [0.25, 0.3) is 5.91 Å². The van der Waals surface area contributed by atoms with E-state index in [0.717, 1.165) is 19.4 Å². The highest BCUT2D eigenvalue weighted by Crippen LogP contribution is 2.24. The van der Waals surface area contributed by atoms with Crippen LogP contribution in [0.25, 0.3) is 0 Å². The van der Waals surface area contributed by atoms with Crippen molar-refractivity contribution in [2.24, 2.45) is 11.8 Å². The van der Waals surface area contributed by atoms with E-state index < -0.39 is 0 Å². The number of nitrogens with two attached hydrogens (primary N) is 1. The van der Waals surface area contributed by atoms with Crippen LogP contribution in [0.3, 0.4) is 0 Å². The molecule has 2 atom stereocenters. The van der Waals surface area contributed by atoms with E-state index in [4.69, 9.17) is 5.84 Å². The summed E-state index contributed by atoms with van der Waals surface area (Å²) in [7, 11) is 1.62. The summed E-state index contributed by atoms with van der Waals surface area (Å²) in [5.74, 6) is 5.06. The molecule has 1 aliphatic heterocycles. The largest absolute Gasteiger partial charge is 0.358 e. The van der Waals surface area contributed by atoms with E-state index in [1.807, 2.05) is 18.7 Å². The van der Waals surface area contributed by atoms with Gasteiger partial charge in [-0.25, -0.2) is 5.84 Å². The van der Waals surface area contributed by atoms with Gasteiger partial charge in [0.2, 0.25) is 5.91 Å². The molecule has 1 heterocycles. The standard InChI is InChI=1S/C11H22N4O2/c1-7(2)9(11(17)14-12)15-6-4-5-8(15)10(16)13-3/h7-9H,4-6,12H2,1-3H3,(H,13,16)(H,14,17). The van der Waals surface area contributed by atoms with Crippen molar-refractivity contribution in [3.8, 4) is 0 Å². The van der Waals surface area contributed by atoms with Crippen molar-refractivity contribution >= 4 is 11.8 Å². The van der Waals surface area contributed by atoms with Crippen LogP contribution in [0.1, 0.15) is 26.7 Å². The molecule has 0 aliphatic carbocycles. The molecule has 98 valence electrons. The first-order chi connectivity index (χ1) is 8.02. The van der Waals surface area contributed by atoms with Gasteiger partial charge in [-0.05, 0) is 25.3 Å². The average molecular weight is 242 g/mol. The lowest BCUT2D eigenvalue weighted by molar-refractivity contribution is -0.132. The normalized spacial score (nSPS) is 22.5. The van der Waals surface area contributed by atoms with E-state index in [1.54, 1.807) is 7.05 Å². The predicted octanol–water partition coefficient (Wildman–Crippen LogP) is -0.789. The lowest BCUT2D eigenvalue weighted by Crippen LogP contribution is -2.56. The lowest BCUT2D eigenvalue weighted by atomic mass is 10.0. The van der Waals surface area contributed by atoms with Crippen molar-refractivity contribution in [2.45, 2.75) is 38.8 Å². The first kappa shape index (κ1) is 13.9. The maximum Gasteiger partial charge on any atom is 0.251 e. The molecule has 2 amide bonds. The Labute approximate surface area is 102 Å². The molecule has 0 saturated carbocycles. The zero-order valence-corrected chi connectivity index (χ0v) is 10.7. The molecule has 0 aromatic rings. The van der Waals surface area contributed by atoms with Gasteiger partial charge in [0.05, 0.1) is 12.1 Å². The summed E-state index contributed by atoms with van der Waals surface area (Å²) < 4.78 is 0. The fraction of sp³-hybridized carbons (Fsp3) is 0.818. The van der Waals surface area contributed by atoms with E-state index in [-0.39, 0.29) is 29.8 Å². The molecular formula is C11H22N4O2. The lowest BCUT2D eigenvalue weighted by Gasteiger charge is -2.33. The summed E-state index contributed by atoms with van der Waals surface area (Å²) in [5, 5.41) is 2.64. The first-order valence-electron chi connectivity index (χ1n) is 6.00. The van der Waals surface area contributed by atoms with Gasteiger partial charge in [-0.15, -0.1) is 0 Å². The summed E-state index contributed by atoms with van der Waals surface area (Å²) in [6.45, 7) is 4.67. The molecule has 6 heteroatoms. The molecule has 0 bridgehead atoms. The van der Waals surface area contributed by atoms with Gasteiger partial charge in [0.1, 0.15) is 0 Å². The average Bonchev–Trinajstić information content (AvgIpc) is 2.76. The van der Waals surface area contributed by atoms with E-state index in [2.05, 4.69) is 10.7 Å². The second-order valence-electron chi connectivity index (χ2n) is 4.71. The number of hydrogen-bond acceptors (Lipinski definition) is 4. The highest BCUT2D eigenvalue weighted by atomic mass is 16.2. The quantitative estimate of drug-likeness (QED) is 0.342. The highest BCUT2D eigenvalue weighted by molar-refractivity contribution is 5.85. The molecule has 0 radical (unpaired) electrons. The van der Waals surface area contributed by atoms with E-state index in [9.17, 15) is 9.59 Å². The van der Waals surface area contributed by atoms with Gasteiger partial charge < -0.3 is 5.32 Å². The van der Waals surface area contributed by atoms with E-state index >= 15 is 0 Å². The molecule has 0 aromatic carbocycles. The molecule has 1 aliphatic rings. The van der Waals surface area contributed by atoms with Gasteiger partial charge in [-0.1, -0.05) is 13.8 Å². The van der Waals surface area contributed by atoms with Gasteiger partial charge in [-0.3, -0.25) is 19.9 Å². The Hall–Kier alpha value is -1.14. The highest BCUT2D eigenvalue weighted by Gasteiger charge is 2.39. The Bertz CT molecular complexity index is 293. The molecule has 0 spiro atoms. The van der Waals surface area contributed by atoms with Crippen molar-refractivity contribution in [3.05, 3.63) is 0 Å². The number of carbonyl (C=O) groups excluding carboxylic acids is 2. The minimum Gasteiger partial charge on any atom is -0.358 e. The number of nitrogens with zero attached hydrogens (tertiary/aromatic N) is 1. The molecule has 2 unspecified atom stereocenters. The summed E-state index contributed by atoms with van der Waals surface area (Å²) in [5.41, 5.74) is 2.19. The topological polar surface area (TPSA) is 87.5 Å². The number of likely N-dealkylation sites (N-methyl/N-ethyl adjacent to an activating group) is 1. The van der Waals surface area contributed by atoms with Crippen LogP contribution in [0.4, 0.5) is 0 Å². The Kier molecular flexibility index (Phi) is 4.89. The molecular weight excluding hydrogens is 220 g/mol. The number of nitrogens with one attached hydrogen (secondary N) is 2. The van der Waals surface area contributed by atoms with Crippen LogP contribution >= 0.6 is 0 Å². The third kappa shape index (κ3) is 2.95. The smallest absolute Gasteiger partial charge is 0.251 e. The van der Waals surface area contributed by atoms with Crippen molar-refractivity contribution in [3.63, 3.8) is 0 Å². The van der Waals surface area contributed by atoms with Crippen LogP contribution < -0.4 is 16.6 Å². The first-order valence-corrected chi connectivity index (χ1v) is 6.00. The zero-order valence-electron chi connectivity index (χ0n) is 10.7. The summed E-state index contributed by atoms with van der Waals surface area (Å²) in [6, 6.07) is -0.561. The monoisotopic (exact) mass is 242 g/mol. The van der Waals surface area contributed by atoms with Crippen LogP contribution in [0.5, 0.6) is 0 Å². The number of amides is 2. The zero-order chi connectivity index (χ0) is 13.0. The third-order valence-electron chi connectivity index (χ3n) is 3.24. The number of hydrazine groups is 1. The third-order valence-corrected chi connectivity index (χ3v) is 3.24. The molecule has 17 heavy (non-hydrogen) atoms. The van der Waals surface area contributed by atoms with Gasteiger partial charge >= 0.3 is 0 Å². The molecule has 1 saturated heterocycles. The molecule has 0 aromatic heterocycles. The minimum absolute atomic E-state index is 0.0297. The second-order valence-corrected chi connectivity index (χ2v) is 4.71. The van der Waals surface area contributed by atoms with Gasteiger partial charge in [0, 0.05) is 7.05 Å². The van der Waals surface area contributed by atoms with E-state index in [1.165, 1.54) is 0 Å². The fourth-order valence-corrected chi connectivity index (χ4v) is 2.49. The number of carbonyl (C=O) groups is 2. The molecule has 6 nitrogen and oxygen atoms in total. The predicted molar refractivity (Wildman–Crippen MR) is 64.8 cm³/mol. The Balaban J connectivity index is 2.86. The van der Waals surface area contributed by atoms with Crippen molar-refractivity contribution in [1.29, 1.82) is 0 Å². The van der Waals surface area contributed by atoms with Gasteiger partial charge in [-0.2, -0.15) is 0 Å². The fourth-order valence-electron chi connectivity index (χ4n) is 2.49. The summed E-state index contributed by atoms with van der Waals surface area (Å²) >= 11 is 0. The Morgan fingerprint density at radius 3 is 2.53 bits per heavy atom. The van der Waals surface area contributed by atoms with Crippen LogP contribution in [0.2, 0.25) is 0 Å². The summed E-state index contributed by atoms with van der Waals surface area (Å²) in [4.78, 5) is 25.5. The maximum atomic E-state index is 11.8. The van der Waals surface area contributed by atoms with Crippen LogP contribution in [0, 0.1) is 5.92 Å². The van der Waals surface area contributed by atoms with Gasteiger partial charge in [0.15, 0.2) is 0 Å². The van der Waals surface area contributed by atoms with Crippen molar-refractivity contribution in [2.75, 3.05) is 13.6 Å².